The minimum absolute atomic E-state index is 0.171. The summed E-state index contributed by atoms with van der Waals surface area (Å²) in [5.41, 5.74) is 1.49. The zero-order valence-electron chi connectivity index (χ0n) is 7.45. The van der Waals surface area contributed by atoms with E-state index in [-0.39, 0.29) is 11.7 Å². The first kappa shape index (κ1) is 10.2. The van der Waals surface area contributed by atoms with Gasteiger partial charge in [-0.25, -0.2) is 4.39 Å². The van der Waals surface area contributed by atoms with Crippen LogP contribution in [0.5, 0.6) is 0 Å². The van der Waals surface area contributed by atoms with E-state index in [0.29, 0.717) is 5.57 Å². The van der Waals surface area contributed by atoms with Crippen molar-refractivity contribution in [1.29, 1.82) is 0 Å². The van der Waals surface area contributed by atoms with Gasteiger partial charge < -0.3 is 0 Å². The van der Waals surface area contributed by atoms with Crippen LogP contribution in [0.25, 0.3) is 0 Å². The molecule has 0 atom stereocenters. The van der Waals surface area contributed by atoms with Crippen LogP contribution < -0.4 is 0 Å². The first-order valence-corrected chi connectivity index (χ1v) is 3.67. The first-order chi connectivity index (χ1) is 4.95. The summed E-state index contributed by atoms with van der Waals surface area (Å²) in [5, 5.41) is 0. The van der Waals surface area contributed by atoms with Gasteiger partial charge in [-0.2, -0.15) is 0 Å². The molecule has 1 heteroatoms. The van der Waals surface area contributed by atoms with Crippen molar-refractivity contribution in [2.45, 2.75) is 20.8 Å². The molecule has 0 rings (SSSR count). The Morgan fingerprint density at radius 3 is 1.91 bits per heavy atom. The molecule has 0 aliphatic carbocycles. The van der Waals surface area contributed by atoms with Crippen LogP contribution in [0.3, 0.4) is 0 Å². The molecule has 0 N–H and O–H groups in total. The Balaban J connectivity index is 4.60. The Bertz CT molecular complexity index is 197. The molecule has 0 amide bonds. The first-order valence-electron chi connectivity index (χ1n) is 3.67. The monoisotopic (exact) mass is 154 g/mol. The molecule has 0 aromatic heterocycles. The lowest BCUT2D eigenvalue weighted by atomic mass is 10.0. The van der Waals surface area contributed by atoms with Gasteiger partial charge in [-0.15, -0.1) is 0 Å². The lowest BCUT2D eigenvalue weighted by Crippen LogP contribution is -1.94. The van der Waals surface area contributed by atoms with E-state index >= 15 is 0 Å². The highest BCUT2D eigenvalue weighted by atomic mass is 19.1. The van der Waals surface area contributed by atoms with E-state index < -0.39 is 0 Å². The minimum atomic E-state index is -0.358. The molecule has 0 nitrogen and oxygen atoms in total. The van der Waals surface area contributed by atoms with Crippen molar-refractivity contribution in [2.75, 3.05) is 0 Å². The van der Waals surface area contributed by atoms with E-state index in [1.165, 1.54) is 0 Å². The summed E-state index contributed by atoms with van der Waals surface area (Å²) < 4.78 is 12.7. The molecule has 11 heavy (non-hydrogen) atoms. The predicted molar refractivity (Wildman–Crippen MR) is 48.0 cm³/mol. The van der Waals surface area contributed by atoms with Gasteiger partial charge >= 0.3 is 0 Å². The second-order valence-corrected chi connectivity index (χ2v) is 3.01. The van der Waals surface area contributed by atoms with E-state index in [9.17, 15) is 4.39 Å². The van der Waals surface area contributed by atoms with E-state index in [1.807, 2.05) is 20.8 Å². The highest BCUT2D eigenvalue weighted by Gasteiger charge is 2.05. The smallest absolute Gasteiger partial charge is 0.119 e. The maximum absolute atomic E-state index is 12.7. The molecule has 0 radical (unpaired) electrons. The largest absolute Gasteiger partial charge is 0.207 e. The molecular formula is C10H15F. The fourth-order valence-corrected chi connectivity index (χ4v) is 0.824. The van der Waals surface area contributed by atoms with Crippen LogP contribution in [0.15, 0.2) is 36.2 Å². The molecule has 0 saturated heterocycles. The lowest BCUT2D eigenvalue weighted by Gasteiger charge is -2.07. The summed E-state index contributed by atoms with van der Waals surface area (Å²) in [6, 6.07) is 0. The van der Waals surface area contributed by atoms with E-state index in [0.717, 1.165) is 5.57 Å². The molecular weight excluding hydrogens is 139 g/mol. The Hall–Kier alpha value is -0.850. The average Bonchev–Trinajstić information content (AvgIpc) is 1.81. The van der Waals surface area contributed by atoms with E-state index in [2.05, 4.69) is 13.2 Å². The maximum atomic E-state index is 12.7. The van der Waals surface area contributed by atoms with Gasteiger partial charge in [-0.3, -0.25) is 0 Å². The van der Waals surface area contributed by atoms with Gasteiger partial charge in [0, 0.05) is 0 Å². The topological polar surface area (TPSA) is 0 Å². The lowest BCUT2D eigenvalue weighted by molar-refractivity contribution is 0.612. The van der Waals surface area contributed by atoms with Gasteiger partial charge in [-0.05, 0) is 18.4 Å². The molecule has 0 aromatic rings. The number of rotatable bonds is 3. The predicted octanol–water partition coefficient (Wildman–Crippen LogP) is 3.63. The van der Waals surface area contributed by atoms with Gasteiger partial charge in [0.25, 0.3) is 0 Å². The van der Waals surface area contributed by atoms with E-state index in [1.54, 1.807) is 6.08 Å². The van der Waals surface area contributed by atoms with Gasteiger partial charge in [0.15, 0.2) is 0 Å². The minimum Gasteiger partial charge on any atom is -0.207 e. The van der Waals surface area contributed by atoms with Crippen molar-refractivity contribution in [1.82, 2.24) is 0 Å². The summed E-state index contributed by atoms with van der Waals surface area (Å²) in [4.78, 5) is 0. The standard InChI is InChI=1S/C10H15F/c1-7(2)6-10(8(3)4)9(5)11/h6,8H,1,5H2,2-4H3/b10-6-. The zero-order valence-corrected chi connectivity index (χ0v) is 7.45. The van der Waals surface area contributed by atoms with Crippen LogP contribution in [0, 0.1) is 5.92 Å². The van der Waals surface area contributed by atoms with Crippen LogP contribution in [0.2, 0.25) is 0 Å². The Morgan fingerprint density at radius 2 is 1.82 bits per heavy atom. The van der Waals surface area contributed by atoms with Crippen LogP contribution in [0.4, 0.5) is 4.39 Å². The van der Waals surface area contributed by atoms with Gasteiger partial charge in [0.1, 0.15) is 5.83 Å². The second-order valence-electron chi connectivity index (χ2n) is 3.01. The molecule has 0 aromatic carbocycles. The van der Waals surface area contributed by atoms with Gasteiger partial charge in [-0.1, -0.05) is 38.7 Å². The third-order valence-electron chi connectivity index (χ3n) is 1.34. The van der Waals surface area contributed by atoms with Crippen molar-refractivity contribution in [2.24, 2.45) is 5.92 Å². The Labute approximate surface area is 68.1 Å². The molecule has 0 spiro atoms. The molecule has 0 aliphatic heterocycles. The maximum Gasteiger partial charge on any atom is 0.119 e. The molecule has 0 saturated carbocycles. The van der Waals surface area contributed by atoms with Crippen molar-refractivity contribution < 1.29 is 4.39 Å². The number of hydrogen-bond acceptors (Lipinski definition) is 0. The summed E-state index contributed by atoms with van der Waals surface area (Å²) in [6.07, 6.45) is 1.73. The third kappa shape index (κ3) is 3.76. The fraction of sp³-hybridized carbons (Fsp3) is 0.400. The van der Waals surface area contributed by atoms with E-state index in [4.69, 9.17) is 0 Å². The van der Waals surface area contributed by atoms with Gasteiger partial charge in [0.05, 0.1) is 0 Å². The normalized spacial score (nSPS) is 11.9. The van der Waals surface area contributed by atoms with Crippen LogP contribution >= 0.6 is 0 Å². The Morgan fingerprint density at radius 1 is 1.36 bits per heavy atom. The molecule has 0 bridgehead atoms. The Kier molecular flexibility index (Phi) is 3.80. The number of allylic oxidation sites excluding steroid dienone is 4. The van der Waals surface area contributed by atoms with Crippen LogP contribution in [0.1, 0.15) is 20.8 Å². The number of halogens is 1. The summed E-state index contributed by atoms with van der Waals surface area (Å²) in [6.45, 7) is 12.6. The van der Waals surface area contributed by atoms with Crippen LogP contribution in [-0.2, 0) is 0 Å². The summed E-state index contributed by atoms with van der Waals surface area (Å²) in [7, 11) is 0. The summed E-state index contributed by atoms with van der Waals surface area (Å²) >= 11 is 0. The zero-order chi connectivity index (χ0) is 9.02. The highest BCUT2D eigenvalue weighted by molar-refractivity contribution is 5.31. The SMILES string of the molecule is C=C(C)/C=C(\C(=C)F)C(C)C. The molecule has 0 heterocycles. The quantitative estimate of drug-likeness (QED) is 0.544. The average molecular weight is 154 g/mol. The van der Waals surface area contributed by atoms with Crippen molar-refractivity contribution >= 4 is 0 Å². The van der Waals surface area contributed by atoms with Gasteiger partial charge in [0.2, 0.25) is 0 Å². The molecule has 62 valence electrons. The van der Waals surface area contributed by atoms with Crippen molar-refractivity contribution in [3.8, 4) is 0 Å². The fourth-order valence-electron chi connectivity index (χ4n) is 0.824. The van der Waals surface area contributed by atoms with Crippen molar-refractivity contribution in [3.63, 3.8) is 0 Å². The van der Waals surface area contributed by atoms with Crippen LogP contribution in [-0.4, -0.2) is 0 Å². The highest BCUT2D eigenvalue weighted by Crippen LogP contribution is 2.20. The third-order valence-corrected chi connectivity index (χ3v) is 1.34. The molecule has 0 aliphatic rings. The van der Waals surface area contributed by atoms with Crippen molar-refractivity contribution in [3.05, 3.63) is 36.2 Å². The summed E-state index contributed by atoms with van der Waals surface area (Å²) in [5.74, 6) is -0.188. The number of hydrogen-bond donors (Lipinski definition) is 0. The molecule has 0 fully saturated rings. The molecule has 0 unspecified atom stereocenters. The second kappa shape index (κ2) is 4.12.